The normalized spacial score (nSPS) is 12.1. The Balaban J connectivity index is 2.84. The van der Waals surface area contributed by atoms with Crippen molar-refractivity contribution >= 4 is 15.9 Å². The van der Waals surface area contributed by atoms with Crippen LogP contribution in [0.25, 0.3) is 0 Å². The lowest BCUT2D eigenvalue weighted by Crippen LogP contribution is -2.21. The Hall–Kier alpha value is -0.850. The molecule has 0 fully saturated rings. The van der Waals surface area contributed by atoms with Crippen molar-refractivity contribution in [2.45, 2.75) is 25.8 Å². The summed E-state index contributed by atoms with van der Waals surface area (Å²) < 4.78 is 13.6. The van der Waals surface area contributed by atoms with Gasteiger partial charge in [-0.3, -0.25) is 0 Å². The van der Waals surface area contributed by atoms with Crippen molar-refractivity contribution in [2.75, 3.05) is 6.54 Å². The maximum Gasteiger partial charge on any atom is 0.137 e. The van der Waals surface area contributed by atoms with E-state index in [9.17, 15) is 4.39 Å². The van der Waals surface area contributed by atoms with Crippen LogP contribution < -0.4 is 5.32 Å². The SMILES string of the molecule is C#CCC(NCCC)c1ccc(F)c(Br)c1. The number of halogens is 2. The molecule has 1 aromatic rings. The molecule has 0 aliphatic heterocycles. The summed E-state index contributed by atoms with van der Waals surface area (Å²) in [5.41, 5.74) is 1.01. The largest absolute Gasteiger partial charge is 0.309 e. The maximum atomic E-state index is 13.1. The van der Waals surface area contributed by atoms with Crippen molar-refractivity contribution in [1.82, 2.24) is 5.32 Å². The van der Waals surface area contributed by atoms with Gasteiger partial charge in [0.25, 0.3) is 0 Å². The molecule has 0 saturated carbocycles. The summed E-state index contributed by atoms with van der Waals surface area (Å²) in [6, 6.07) is 5.10. The van der Waals surface area contributed by atoms with Gasteiger partial charge in [0.1, 0.15) is 5.82 Å². The first kappa shape index (κ1) is 13.2. The molecule has 1 aromatic carbocycles. The number of hydrogen-bond acceptors (Lipinski definition) is 1. The molecular formula is C13H15BrFN. The van der Waals surface area contributed by atoms with Crippen molar-refractivity contribution in [3.63, 3.8) is 0 Å². The second-order valence-electron chi connectivity index (χ2n) is 3.59. The molecular weight excluding hydrogens is 269 g/mol. The standard InChI is InChI=1S/C13H15BrFN/c1-3-5-13(16-8-4-2)10-6-7-12(15)11(14)9-10/h1,6-7,9,13,16H,4-5,8H2,2H3. The van der Waals surface area contributed by atoms with Crippen molar-refractivity contribution < 1.29 is 4.39 Å². The molecule has 0 bridgehead atoms. The summed E-state index contributed by atoms with van der Waals surface area (Å²) in [5, 5.41) is 3.35. The highest BCUT2D eigenvalue weighted by Crippen LogP contribution is 2.23. The van der Waals surface area contributed by atoms with E-state index in [4.69, 9.17) is 6.42 Å². The lowest BCUT2D eigenvalue weighted by molar-refractivity contribution is 0.540. The molecule has 0 aromatic heterocycles. The van der Waals surface area contributed by atoms with Crippen LogP contribution in [0.15, 0.2) is 22.7 Å². The topological polar surface area (TPSA) is 12.0 Å². The molecule has 1 N–H and O–H groups in total. The van der Waals surface area contributed by atoms with Crippen LogP contribution in [-0.4, -0.2) is 6.54 Å². The molecule has 1 unspecified atom stereocenters. The van der Waals surface area contributed by atoms with Gasteiger partial charge in [-0.05, 0) is 46.6 Å². The number of benzene rings is 1. The highest BCUT2D eigenvalue weighted by Gasteiger charge is 2.10. The van der Waals surface area contributed by atoms with Crippen LogP contribution in [-0.2, 0) is 0 Å². The van der Waals surface area contributed by atoms with Crippen LogP contribution in [0, 0.1) is 18.2 Å². The maximum absolute atomic E-state index is 13.1. The van der Waals surface area contributed by atoms with E-state index < -0.39 is 0 Å². The first-order valence-electron chi connectivity index (χ1n) is 5.30. The predicted molar refractivity (Wildman–Crippen MR) is 68.6 cm³/mol. The van der Waals surface area contributed by atoms with Gasteiger partial charge in [0.15, 0.2) is 0 Å². The molecule has 0 aliphatic carbocycles. The Morgan fingerprint density at radius 3 is 2.88 bits per heavy atom. The Morgan fingerprint density at radius 2 is 2.31 bits per heavy atom. The van der Waals surface area contributed by atoms with Gasteiger partial charge < -0.3 is 5.32 Å². The van der Waals surface area contributed by atoms with Crippen LogP contribution in [0.3, 0.4) is 0 Å². The van der Waals surface area contributed by atoms with E-state index in [0.29, 0.717) is 10.9 Å². The van der Waals surface area contributed by atoms with Crippen molar-refractivity contribution in [3.05, 3.63) is 34.1 Å². The molecule has 16 heavy (non-hydrogen) atoms. The van der Waals surface area contributed by atoms with Crippen LogP contribution in [0.2, 0.25) is 0 Å². The second kappa shape index (κ2) is 6.67. The quantitative estimate of drug-likeness (QED) is 0.814. The zero-order chi connectivity index (χ0) is 12.0. The third-order valence-corrected chi connectivity index (χ3v) is 2.92. The number of nitrogens with one attached hydrogen (secondary N) is 1. The van der Waals surface area contributed by atoms with E-state index in [0.717, 1.165) is 18.5 Å². The molecule has 0 saturated heterocycles. The Morgan fingerprint density at radius 1 is 1.56 bits per heavy atom. The zero-order valence-electron chi connectivity index (χ0n) is 9.26. The molecule has 1 rings (SSSR count). The molecule has 0 radical (unpaired) electrons. The van der Waals surface area contributed by atoms with Gasteiger partial charge in [-0.1, -0.05) is 13.0 Å². The van der Waals surface area contributed by atoms with E-state index >= 15 is 0 Å². The minimum Gasteiger partial charge on any atom is -0.309 e. The number of hydrogen-bond donors (Lipinski definition) is 1. The fourth-order valence-electron chi connectivity index (χ4n) is 1.47. The Bertz CT molecular complexity index is 384. The highest BCUT2D eigenvalue weighted by atomic mass is 79.9. The molecule has 0 amide bonds. The fourth-order valence-corrected chi connectivity index (χ4v) is 1.87. The molecule has 3 heteroatoms. The minimum atomic E-state index is -0.251. The van der Waals surface area contributed by atoms with E-state index in [-0.39, 0.29) is 11.9 Å². The second-order valence-corrected chi connectivity index (χ2v) is 4.44. The molecule has 1 atom stereocenters. The highest BCUT2D eigenvalue weighted by molar-refractivity contribution is 9.10. The number of rotatable bonds is 5. The van der Waals surface area contributed by atoms with Gasteiger partial charge >= 0.3 is 0 Å². The van der Waals surface area contributed by atoms with Crippen LogP contribution in [0.4, 0.5) is 4.39 Å². The summed E-state index contributed by atoms with van der Waals surface area (Å²) in [5.74, 6) is 2.39. The zero-order valence-corrected chi connectivity index (χ0v) is 10.8. The molecule has 0 heterocycles. The summed E-state index contributed by atoms with van der Waals surface area (Å²) in [4.78, 5) is 0. The molecule has 0 aliphatic rings. The average molecular weight is 284 g/mol. The summed E-state index contributed by atoms with van der Waals surface area (Å²) >= 11 is 3.18. The van der Waals surface area contributed by atoms with Gasteiger partial charge in [0, 0.05) is 12.5 Å². The minimum absolute atomic E-state index is 0.0989. The first-order chi connectivity index (χ1) is 7.69. The molecule has 86 valence electrons. The van der Waals surface area contributed by atoms with Gasteiger partial charge in [0.2, 0.25) is 0 Å². The molecule has 0 spiro atoms. The predicted octanol–water partition coefficient (Wildman–Crippen LogP) is 3.65. The lowest BCUT2D eigenvalue weighted by Gasteiger charge is -2.16. The number of terminal acetylenes is 1. The van der Waals surface area contributed by atoms with E-state index in [1.807, 2.05) is 0 Å². The third-order valence-electron chi connectivity index (χ3n) is 2.31. The summed E-state index contributed by atoms with van der Waals surface area (Å²) in [6.45, 7) is 3.00. The lowest BCUT2D eigenvalue weighted by atomic mass is 10.0. The summed E-state index contributed by atoms with van der Waals surface area (Å²) in [7, 11) is 0. The summed E-state index contributed by atoms with van der Waals surface area (Å²) in [6.07, 6.45) is 6.98. The smallest absolute Gasteiger partial charge is 0.137 e. The van der Waals surface area contributed by atoms with E-state index in [2.05, 4.69) is 34.1 Å². The Kier molecular flexibility index (Phi) is 5.51. The van der Waals surface area contributed by atoms with Crippen LogP contribution >= 0.6 is 15.9 Å². The third kappa shape index (κ3) is 3.62. The van der Waals surface area contributed by atoms with Gasteiger partial charge in [-0.2, -0.15) is 0 Å². The first-order valence-corrected chi connectivity index (χ1v) is 6.10. The van der Waals surface area contributed by atoms with E-state index in [1.54, 1.807) is 12.1 Å². The van der Waals surface area contributed by atoms with E-state index in [1.165, 1.54) is 6.07 Å². The van der Waals surface area contributed by atoms with Gasteiger partial charge in [-0.15, -0.1) is 12.3 Å². The molecule has 1 nitrogen and oxygen atoms in total. The Labute approximate surface area is 105 Å². The van der Waals surface area contributed by atoms with Gasteiger partial charge in [0.05, 0.1) is 4.47 Å². The van der Waals surface area contributed by atoms with Crippen LogP contribution in [0.1, 0.15) is 31.4 Å². The van der Waals surface area contributed by atoms with Gasteiger partial charge in [-0.25, -0.2) is 4.39 Å². The van der Waals surface area contributed by atoms with Crippen molar-refractivity contribution in [2.24, 2.45) is 0 Å². The fraction of sp³-hybridized carbons (Fsp3) is 0.385. The van der Waals surface area contributed by atoms with Crippen LogP contribution in [0.5, 0.6) is 0 Å². The van der Waals surface area contributed by atoms with Crippen molar-refractivity contribution in [1.29, 1.82) is 0 Å². The average Bonchev–Trinajstić information content (AvgIpc) is 2.28. The monoisotopic (exact) mass is 283 g/mol. The van der Waals surface area contributed by atoms with Crippen molar-refractivity contribution in [3.8, 4) is 12.3 Å².